The highest BCUT2D eigenvalue weighted by atomic mass is 16.1. The first kappa shape index (κ1) is 14.8. The van der Waals surface area contributed by atoms with E-state index in [-0.39, 0.29) is 5.91 Å². The molecule has 0 saturated carbocycles. The SMILES string of the molecule is N#Cc1ccc(CCC(=O)NCCc2ccccc2)cc1. The highest BCUT2D eigenvalue weighted by Crippen LogP contribution is 2.06. The average Bonchev–Trinajstić information content (AvgIpc) is 2.54. The van der Waals surface area contributed by atoms with Gasteiger partial charge in [-0.15, -0.1) is 0 Å². The van der Waals surface area contributed by atoms with Crippen LogP contribution in [0.15, 0.2) is 54.6 Å². The molecule has 21 heavy (non-hydrogen) atoms. The zero-order valence-electron chi connectivity index (χ0n) is 11.9. The molecule has 0 heterocycles. The Bertz CT molecular complexity index is 612. The third kappa shape index (κ3) is 5.12. The van der Waals surface area contributed by atoms with Crippen LogP contribution in [-0.4, -0.2) is 12.5 Å². The first-order valence-corrected chi connectivity index (χ1v) is 7.07. The Labute approximate surface area is 125 Å². The van der Waals surface area contributed by atoms with Crippen LogP contribution in [0.25, 0.3) is 0 Å². The molecule has 0 radical (unpaired) electrons. The molecule has 3 nitrogen and oxygen atoms in total. The van der Waals surface area contributed by atoms with Gasteiger partial charge in [0.25, 0.3) is 0 Å². The third-order valence-electron chi connectivity index (χ3n) is 3.30. The summed E-state index contributed by atoms with van der Waals surface area (Å²) in [4.78, 5) is 11.8. The number of nitrogens with zero attached hydrogens (tertiary/aromatic N) is 1. The van der Waals surface area contributed by atoms with Crippen molar-refractivity contribution in [2.45, 2.75) is 19.3 Å². The quantitative estimate of drug-likeness (QED) is 0.883. The van der Waals surface area contributed by atoms with Crippen molar-refractivity contribution < 1.29 is 4.79 Å². The van der Waals surface area contributed by atoms with E-state index in [9.17, 15) is 4.79 Å². The maximum atomic E-state index is 11.8. The number of nitrogens with one attached hydrogen (secondary N) is 1. The Morgan fingerprint density at radius 2 is 1.62 bits per heavy atom. The molecule has 0 bridgehead atoms. The first-order valence-electron chi connectivity index (χ1n) is 7.07. The molecule has 0 aromatic heterocycles. The van der Waals surface area contributed by atoms with Crippen LogP contribution in [0.4, 0.5) is 0 Å². The van der Waals surface area contributed by atoms with Crippen molar-refractivity contribution in [2.24, 2.45) is 0 Å². The van der Waals surface area contributed by atoms with E-state index in [2.05, 4.69) is 23.5 Å². The molecular weight excluding hydrogens is 260 g/mol. The van der Waals surface area contributed by atoms with Crippen molar-refractivity contribution in [2.75, 3.05) is 6.54 Å². The minimum Gasteiger partial charge on any atom is -0.356 e. The lowest BCUT2D eigenvalue weighted by molar-refractivity contribution is -0.121. The molecule has 0 unspecified atom stereocenters. The van der Waals surface area contributed by atoms with Gasteiger partial charge in [-0.1, -0.05) is 42.5 Å². The summed E-state index contributed by atoms with van der Waals surface area (Å²) in [6.45, 7) is 0.663. The molecule has 1 N–H and O–H groups in total. The highest BCUT2D eigenvalue weighted by Gasteiger charge is 2.02. The second kappa shape index (κ2) is 7.86. The summed E-state index contributed by atoms with van der Waals surface area (Å²) in [5, 5.41) is 11.7. The van der Waals surface area contributed by atoms with Crippen LogP contribution in [0.2, 0.25) is 0 Å². The van der Waals surface area contributed by atoms with Gasteiger partial charge in [0.05, 0.1) is 11.6 Å². The molecule has 0 fully saturated rings. The number of carbonyl (C=O) groups is 1. The molecule has 0 saturated heterocycles. The standard InChI is InChI=1S/C18H18N2O/c19-14-17-8-6-16(7-9-17)10-11-18(21)20-13-12-15-4-2-1-3-5-15/h1-9H,10-13H2,(H,20,21). The van der Waals surface area contributed by atoms with Gasteiger partial charge in [0.2, 0.25) is 5.91 Å². The van der Waals surface area contributed by atoms with Crippen molar-refractivity contribution in [1.29, 1.82) is 5.26 Å². The molecule has 1 amide bonds. The van der Waals surface area contributed by atoms with Gasteiger partial charge in [0.1, 0.15) is 0 Å². The van der Waals surface area contributed by atoms with Gasteiger partial charge in [-0.3, -0.25) is 4.79 Å². The van der Waals surface area contributed by atoms with Gasteiger partial charge >= 0.3 is 0 Å². The Kier molecular flexibility index (Phi) is 5.54. The topological polar surface area (TPSA) is 52.9 Å². The molecule has 0 aliphatic heterocycles. The fraction of sp³-hybridized carbons (Fsp3) is 0.222. The second-order valence-electron chi connectivity index (χ2n) is 4.89. The van der Waals surface area contributed by atoms with E-state index in [0.717, 1.165) is 12.0 Å². The van der Waals surface area contributed by atoms with Gasteiger partial charge in [-0.05, 0) is 36.1 Å². The summed E-state index contributed by atoms with van der Waals surface area (Å²) in [5.74, 6) is 0.0651. The Morgan fingerprint density at radius 3 is 2.29 bits per heavy atom. The normalized spacial score (nSPS) is 9.86. The van der Waals surface area contributed by atoms with Crippen LogP contribution in [0, 0.1) is 11.3 Å². The molecule has 2 rings (SSSR count). The van der Waals surface area contributed by atoms with Crippen molar-refractivity contribution in [3.05, 3.63) is 71.3 Å². The maximum Gasteiger partial charge on any atom is 0.220 e. The first-order chi connectivity index (χ1) is 10.3. The van der Waals surface area contributed by atoms with E-state index in [1.165, 1.54) is 5.56 Å². The summed E-state index contributed by atoms with van der Waals surface area (Å²) in [6.07, 6.45) is 2.02. The fourth-order valence-electron chi connectivity index (χ4n) is 2.08. The fourth-order valence-corrected chi connectivity index (χ4v) is 2.08. The van der Waals surface area contributed by atoms with Crippen molar-refractivity contribution in [3.63, 3.8) is 0 Å². The van der Waals surface area contributed by atoms with Gasteiger partial charge in [-0.25, -0.2) is 0 Å². The predicted molar refractivity (Wildman–Crippen MR) is 82.6 cm³/mol. The molecule has 0 aliphatic rings. The molecule has 106 valence electrons. The van der Waals surface area contributed by atoms with E-state index in [1.54, 1.807) is 12.1 Å². The highest BCUT2D eigenvalue weighted by molar-refractivity contribution is 5.76. The van der Waals surface area contributed by atoms with Crippen molar-refractivity contribution in [1.82, 2.24) is 5.32 Å². The van der Waals surface area contributed by atoms with Crippen LogP contribution in [0.1, 0.15) is 23.1 Å². The molecular formula is C18H18N2O. The summed E-state index contributed by atoms with van der Waals surface area (Å²) in [6, 6.07) is 19.5. The third-order valence-corrected chi connectivity index (χ3v) is 3.30. The van der Waals surface area contributed by atoms with E-state index in [1.807, 2.05) is 30.3 Å². The van der Waals surface area contributed by atoms with Gasteiger partial charge in [0, 0.05) is 13.0 Å². The lowest BCUT2D eigenvalue weighted by Crippen LogP contribution is -2.25. The van der Waals surface area contributed by atoms with Crippen LogP contribution in [-0.2, 0) is 17.6 Å². The molecule has 0 atom stereocenters. The van der Waals surface area contributed by atoms with Gasteiger partial charge < -0.3 is 5.32 Å². The molecule has 3 heteroatoms. The van der Waals surface area contributed by atoms with Crippen molar-refractivity contribution in [3.8, 4) is 6.07 Å². The smallest absolute Gasteiger partial charge is 0.220 e. The van der Waals surface area contributed by atoms with Crippen LogP contribution in [0.5, 0.6) is 0 Å². The minimum absolute atomic E-state index is 0.0651. The number of nitriles is 1. The lowest BCUT2D eigenvalue weighted by atomic mass is 10.1. The van der Waals surface area contributed by atoms with Crippen molar-refractivity contribution >= 4 is 5.91 Å². The summed E-state index contributed by atoms with van der Waals surface area (Å²) >= 11 is 0. The monoisotopic (exact) mass is 278 g/mol. The second-order valence-corrected chi connectivity index (χ2v) is 4.89. The van der Waals surface area contributed by atoms with Crippen LogP contribution < -0.4 is 5.32 Å². The largest absolute Gasteiger partial charge is 0.356 e. The van der Waals surface area contributed by atoms with E-state index in [4.69, 9.17) is 5.26 Å². The predicted octanol–water partition coefficient (Wildman–Crippen LogP) is 2.85. The number of carbonyl (C=O) groups excluding carboxylic acids is 1. The molecule has 2 aromatic rings. The summed E-state index contributed by atoms with van der Waals surface area (Å²) in [7, 11) is 0. The van der Waals surface area contributed by atoms with Gasteiger partial charge in [0.15, 0.2) is 0 Å². The molecule has 2 aromatic carbocycles. The number of hydrogen-bond donors (Lipinski definition) is 1. The maximum absolute atomic E-state index is 11.8. The Morgan fingerprint density at radius 1 is 0.952 bits per heavy atom. The van der Waals surface area contributed by atoms with Gasteiger partial charge in [-0.2, -0.15) is 5.26 Å². The lowest BCUT2D eigenvalue weighted by Gasteiger charge is -2.05. The number of aryl methyl sites for hydroxylation is 1. The zero-order valence-corrected chi connectivity index (χ0v) is 11.9. The Hall–Kier alpha value is -2.60. The average molecular weight is 278 g/mol. The van der Waals surface area contributed by atoms with Crippen LogP contribution >= 0.6 is 0 Å². The summed E-state index contributed by atoms with van der Waals surface area (Å²) in [5.41, 5.74) is 2.95. The van der Waals surface area contributed by atoms with E-state index in [0.29, 0.717) is 24.9 Å². The molecule has 0 spiro atoms. The van der Waals surface area contributed by atoms with E-state index < -0.39 is 0 Å². The number of hydrogen-bond acceptors (Lipinski definition) is 2. The number of benzene rings is 2. The van der Waals surface area contributed by atoms with Crippen LogP contribution in [0.3, 0.4) is 0 Å². The molecule has 0 aliphatic carbocycles. The van der Waals surface area contributed by atoms with E-state index >= 15 is 0 Å². The number of amides is 1. The Balaban J connectivity index is 1.68. The number of rotatable bonds is 6. The summed E-state index contributed by atoms with van der Waals surface area (Å²) < 4.78 is 0. The zero-order chi connectivity index (χ0) is 14.9. The minimum atomic E-state index is 0.0651.